The van der Waals surface area contributed by atoms with Crippen LogP contribution in [-0.2, 0) is 6.42 Å². The summed E-state index contributed by atoms with van der Waals surface area (Å²) in [5.74, 6) is 1.51. The third kappa shape index (κ3) is 5.55. The van der Waals surface area contributed by atoms with Gasteiger partial charge in [0, 0.05) is 12.5 Å². The molecule has 0 bridgehead atoms. The third-order valence-corrected chi connectivity index (χ3v) is 3.29. The number of hydrogen-bond acceptors (Lipinski definition) is 3. The maximum absolute atomic E-state index is 5.85. The monoisotopic (exact) mass is 341 g/mol. The lowest BCUT2D eigenvalue weighted by Crippen LogP contribution is -2.17. The zero-order chi connectivity index (χ0) is 15.1. The molecule has 0 heterocycles. The summed E-state index contributed by atoms with van der Waals surface area (Å²) in [5, 5.41) is 0. The van der Waals surface area contributed by atoms with Crippen molar-refractivity contribution < 1.29 is 9.47 Å². The van der Waals surface area contributed by atoms with Crippen molar-refractivity contribution in [2.24, 2.45) is 5.73 Å². The Morgan fingerprint density at radius 2 is 2.10 bits per heavy atom. The summed E-state index contributed by atoms with van der Waals surface area (Å²) >= 11 is 3.56. The van der Waals surface area contributed by atoms with E-state index < -0.39 is 0 Å². The molecule has 0 aliphatic rings. The Kier molecular flexibility index (Phi) is 7.10. The molecule has 1 aromatic rings. The van der Waals surface area contributed by atoms with Crippen molar-refractivity contribution in [1.29, 1.82) is 0 Å². The van der Waals surface area contributed by atoms with E-state index in [0.717, 1.165) is 39.9 Å². The quantitative estimate of drug-likeness (QED) is 0.724. The van der Waals surface area contributed by atoms with Crippen molar-refractivity contribution in [3.8, 4) is 11.5 Å². The van der Waals surface area contributed by atoms with Crippen molar-refractivity contribution in [3.63, 3.8) is 0 Å². The Morgan fingerprint density at radius 3 is 2.65 bits per heavy atom. The summed E-state index contributed by atoms with van der Waals surface area (Å²) in [6, 6.07) is 4.17. The van der Waals surface area contributed by atoms with Gasteiger partial charge in [0.1, 0.15) is 0 Å². The molecule has 2 N–H and O–H groups in total. The lowest BCUT2D eigenvalue weighted by Gasteiger charge is -2.16. The smallest absolute Gasteiger partial charge is 0.175 e. The standard InChI is InChI=1S/C16H24BrNO2/c1-5-19-15-10-13(8-12(4)18)9-14(17)16(15)20-7-6-11(2)3/h9-10,12H,2,5-8,18H2,1,3-4H3. The highest BCUT2D eigenvalue weighted by molar-refractivity contribution is 9.10. The predicted octanol–water partition coefficient (Wildman–Crippen LogP) is 4.08. The van der Waals surface area contributed by atoms with Crippen LogP contribution in [0.2, 0.25) is 0 Å². The fraction of sp³-hybridized carbons (Fsp3) is 0.500. The number of rotatable bonds is 8. The van der Waals surface area contributed by atoms with E-state index in [4.69, 9.17) is 15.2 Å². The van der Waals surface area contributed by atoms with Crippen molar-refractivity contribution in [3.05, 3.63) is 34.3 Å². The largest absolute Gasteiger partial charge is 0.490 e. The predicted molar refractivity (Wildman–Crippen MR) is 87.6 cm³/mol. The van der Waals surface area contributed by atoms with Crippen LogP contribution in [0.3, 0.4) is 0 Å². The van der Waals surface area contributed by atoms with E-state index in [-0.39, 0.29) is 6.04 Å². The summed E-state index contributed by atoms with van der Waals surface area (Å²) in [4.78, 5) is 0. The number of benzene rings is 1. The minimum absolute atomic E-state index is 0.117. The summed E-state index contributed by atoms with van der Waals surface area (Å²) in [6.45, 7) is 11.0. The highest BCUT2D eigenvalue weighted by Gasteiger charge is 2.13. The molecule has 3 nitrogen and oxygen atoms in total. The zero-order valence-corrected chi connectivity index (χ0v) is 14.1. The lowest BCUT2D eigenvalue weighted by atomic mass is 10.1. The number of nitrogens with two attached hydrogens (primary N) is 1. The van der Waals surface area contributed by atoms with Gasteiger partial charge in [0.15, 0.2) is 11.5 Å². The van der Waals surface area contributed by atoms with Crippen molar-refractivity contribution in [2.75, 3.05) is 13.2 Å². The van der Waals surface area contributed by atoms with E-state index in [0.29, 0.717) is 13.2 Å². The second-order valence-corrected chi connectivity index (χ2v) is 5.93. The maximum Gasteiger partial charge on any atom is 0.175 e. The van der Waals surface area contributed by atoms with Crippen LogP contribution in [0.25, 0.3) is 0 Å². The van der Waals surface area contributed by atoms with Crippen LogP contribution < -0.4 is 15.2 Å². The zero-order valence-electron chi connectivity index (χ0n) is 12.5. The van der Waals surface area contributed by atoms with Gasteiger partial charge in [-0.2, -0.15) is 0 Å². The molecule has 1 aromatic carbocycles. The summed E-state index contributed by atoms with van der Waals surface area (Å²) in [6.07, 6.45) is 1.64. The molecule has 0 aliphatic heterocycles. The van der Waals surface area contributed by atoms with Gasteiger partial charge in [0.25, 0.3) is 0 Å². The molecule has 0 saturated carbocycles. The molecule has 1 rings (SSSR count). The summed E-state index contributed by atoms with van der Waals surface area (Å²) < 4.78 is 12.4. The second-order valence-electron chi connectivity index (χ2n) is 5.07. The van der Waals surface area contributed by atoms with E-state index in [1.54, 1.807) is 0 Å². The van der Waals surface area contributed by atoms with Gasteiger partial charge in [0.2, 0.25) is 0 Å². The maximum atomic E-state index is 5.85. The third-order valence-electron chi connectivity index (χ3n) is 2.70. The fourth-order valence-corrected chi connectivity index (χ4v) is 2.45. The van der Waals surface area contributed by atoms with E-state index in [1.807, 2.05) is 32.9 Å². The van der Waals surface area contributed by atoms with Gasteiger partial charge in [-0.1, -0.05) is 5.57 Å². The molecule has 1 atom stereocenters. The van der Waals surface area contributed by atoms with E-state index in [2.05, 4.69) is 22.5 Å². The van der Waals surface area contributed by atoms with E-state index in [1.165, 1.54) is 0 Å². The fourth-order valence-electron chi connectivity index (χ4n) is 1.84. The minimum Gasteiger partial charge on any atom is -0.490 e. The van der Waals surface area contributed by atoms with E-state index >= 15 is 0 Å². The van der Waals surface area contributed by atoms with Crippen molar-refractivity contribution in [1.82, 2.24) is 0 Å². The topological polar surface area (TPSA) is 44.5 Å². The Morgan fingerprint density at radius 1 is 1.40 bits per heavy atom. The molecular formula is C16H24BrNO2. The Labute approximate surface area is 130 Å². The van der Waals surface area contributed by atoms with Gasteiger partial charge in [-0.15, -0.1) is 6.58 Å². The Bertz CT molecular complexity index is 458. The highest BCUT2D eigenvalue weighted by Crippen LogP contribution is 2.37. The molecule has 1 unspecified atom stereocenters. The molecule has 20 heavy (non-hydrogen) atoms. The summed E-state index contributed by atoms with van der Waals surface area (Å²) in [7, 11) is 0. The van der Waals surface area contributed by atoms with Gasteiger partial charge in [-0.25, -0.2) is 0 Å². The van der Waals surface area contributed by atoms with Crippen LogP contribution >= 0.6 is 15.9 Å². The number of ether oxygens (including phenoxy) is 2. The van der Waals surface area contributed by atoms with Crippen LogP contribution in [0.15, 0.2) is 28.8 Å². The Balaban J connectivity index is 2.93. The van der Waals surface area contributed by atoms with Gasteiger partial charge in [-0.3, -0.25) is 0 Å². The van der Waals surface area contributed by atoms with E-state index in [9.17, 15) is 0 Å². The first kappa shape index (κ1) is 17.1. The van der Waals surface area contributed by atoms with Crippen LogP contribution in [0.4, 0.5) is 0 Å². The highest BCUT2D eigenvalue weighted by atomic mass is 79.9. The molecule has 0 spiro atoms. The van der Waals surface area contributed by atoms with Crippen molar-refractivity contribution in [2.45, 2.75) is 39.7 Å². The molecule has 0 amide bonds. The molecule has 112 valence electrons. The van der Waals surface area contributed by atoms with Gasteiger partial charge in [-0.05, 0) is 60.8 Å². The Hall–Kier alpha value is -1.00. The SMILES string of the molecule is C=C(C)CCOc1c(Br)cc(CC(C)N)cc1OCC. The number of hydrogen-bond donors (Lipinski definition) is 1. The summed E-state index contributed by atoms with van der Waals surface area (Å²) in [5.41, 5.74) is 8.10. The van der Waals surface area contributed by atoms with Gasteiger partial charge in [0.05, 0.1) is 17.7 Å². The first-order chi connectivity index (χ1) is 9.43. The molecule has 0 saturated heterocycles. The van der Waals surface area contributed by atoms with Gasteiger partial charge < -0.3 is 15.2 Å². The number of halogens is 1. The normalized spacial score (nSPS) is 12.1. The molecule has 0 radical (unpaired) electrons. The average molecular weight is 342 g/mol. The minimum atomic E-state index is 0.117. The molecule has 0 fully saturated rings. The molecule has 0 aromatic heterocycles. The van der Waals surface area contributed by atoms with Crippen molar-refractivity contribution >= 4 is 15.9 Å². The lowest BCUT2D eigenvalue weighted by molar-refractivity contribution is 0.277. The average Bonchev–Trinajstić information content (AvgIpc) is 2.31. The molecular weight excluding hydrogens is 318 g/mol. The van der Waals surface area contributed by atoms with Crippen LogP contribution in [0.1, 0.15) is 32.8 Å². The van der Waals surface area contributed by atoms with Crippen LogP contribution in [0, 0.1) is 0 Å². The van der Waals surface area contributed by atoms with Crippen LogP contribution in [0.5, 0.6) is 11.5 Å². The van der Waals surface area contributed by atoms with Crippen LogP contribution in [-0.4, -0.2) is 19.3 Å². The first-order valence-corrected chi connectivity index (χ1v) is 7.71. The first-order valence-electron chi connectivity index (χ1n) is 6.92. The van der Waals surface area contributed by atoms with Gasteiger partial charge >= 0.3 is 0 Å². The second kappa shape index (κ2) is 8.32. The molecule has 4 heteroatoms. The molecule has 0 aliphatic carbocycles.